The highest BCUT2D eigenvalue weighted by Gasteiger charge is 2.17. The van der Waals surface area contributed by atoms with E-state index in [2.05, 4.69) is 34.5 Å². The second-order valence-electron chi connectivity index (χ2n) is 4.11. The Kier molecular flexibility index (Phi) is 3.91. The molecular weight excluding hydrogens is 250 g/mol. The lowest BCUT2D eigenvalue weighted by Gasteiger charge is -2.13. The Morgan fingerprint density at radius 1 is 1.29 bits per heavy atom. The van der Waals surface area contributed by atoms with Crippen LogP contribution in [0.2, 0.25) is 0 Å². The van der Waals surface area contributed by atoms with Gasteiger partial charge in [-0.2, -0.15) is 0 Å². The van der Waals surface area contributed by atoms with E-state index in [0.717, 1.165) is 22.8 Å². The maximum atomic E-state index is 4.52. The normalized spacial score (nSPS) is 12.9. The van der Waals surface area contributed by atoms with Crippen molar-refractivity contribution in [2.45, 2.75) is 33.2 Å². The number of aryl methyl sites for hydroxylation is 3. The van der Waals surface area contributed by atoms with Gasteiger partial charge in [-0.05, 0) is 27.8 Å². The number of aromatic nitrogens is 2. The Bertz CT molecular complexity index is 502. The smallest absolute Gasteiger partial charge is 0.0947 e. The molecule has 2 rings (SSSR count). The van der Waals surface area contributed by atoms with Gasteiger partial charge in [0.15, 0.2) is 0 Å². The average Bonchev–Trinajstić information content (AvgIpc) is 2.82. The first-order valence-corrected chi connectivity index (χ1v) is 7.32. The van der Waals surface area contributed by atoms with Crippen LogP contribution in [0.15, 0.2) is 5.38 Å². The molecule has 1 atom stereocenters. The Labute approximate surface area is 110 Å². The lowest BCUT2D eigenvalue weighted by Crippen LogP contribution is -2.18. The zero-order valence-electron chi connectivity index (χ0n) is 10.6. The fourth-order valence-electron chi connectivity index (χ4n) is 1.87. The van der Waals surface area contributed by atoms with Gasteiger partial charge in [0.2, 0.25) is 0 Å². The predicted molar refractivity (Wildman–Crippen MR) is 73.9 cm³/mol. The van der Waals surface area contributed by atoms with Crippen LogP contribution in [-0.2, 0) is 6.42 Å². The first kappa shape index (κ1) is 12.7. The van der Waals surface area contributed by atoms with E-state index in [9.17, 15) is 0 Å². The summed E-state index contributed by atoms with van der Waals surface area (Å²) in [6.07, 6.45) is 0.942. The predicted octanol–water partition coefficient (Wildman–Crippen LogP) is 3.03. The van der Waals surface area contributed by atoms with Gasteiger partial charge < -0.3 is 5.32 Å². The minimum absolute atomic E-state index is 0.326. The molecule has 0 fully saturated rings. The molecule has 17 heavy (non-hydrogen) atoms. The Morgan fingerprint density at radius 3 is 2.53 bits per heavy atom. The number of hydrogen-bond acceptors (Lipinski definition) is 5. The Morgan fingerprint density at radius 2 is 2.06 bits per heavy atom. The van der Waals surface area contributed by atoms with Crippen molar-refractivity contribution >= 4 is 22.7 Å². The summed E-state index contributed by atoms with van der Waals surface area (Å²) < 4.78 is 0. The molecule has 0 aliphatic heterocycles. The van der Waals surface area contributed by atoms with Crippen LogP contribution >= 0.6 is 22.7 Å². The topological polar surface area (TPSA) is 37.8 Å². The summed E-state index contributed by atoms with van der Waals surface area (Å²) in [5.41, 5.74) is 2.25. The SMILES string of the molecule is CNC(Cc1nc(C)cs1)c1sc(C)nc1C. The fraction of sp³-hybridized carbons (Fsp3) is 0.500. The highest BCUT2D eigenvalue weighted by molar-refractivity contribution is 7.11. The van der Waals surface area contributed by atoms with E-state index in [1.807, 2.05) is 14.0 Å². The molecule has 3 nitrogen and oxygen atoms in total. The number of thiazole rings is 2. The van der Waals surface area contributed by atoms with E-state index in [-0.39, 0.29) is 0 Å². The summed E-state index contributed by atoms with van der Waals surface area (Å²) in [5.74, 6) is 0. The van der Waals surface area contributed by atoms with E-state index in [1.165, 1.54) is 9.88 Å². The van der Waals surface area contributed by atoms with Gasteiger partial charge in [0.1, 0.15) is 0 Å². The van der Waals surface area contributed by atoms with Crippen molar-refractivity contribution in [3.8, 4) is 0 Å². The van der Waals surface area contributed by atoms with Crippen molar-refractivity contribution in [1.29, 1.82) is 0 Å². The first-order valence-electron chi connectivity index (χ1n) is 5.62. The fourth-order valence-corrected chi connectivity index (χ4v) is 3.72. The molecule has 1 N–H and O–H groups in total. The summed E-state index contributed by atoms with van der Waals surface area (Å²) in [5, 5.41) is 7.79. The molecule has 0 aliphatic carbocycles. The van der Waals surface area contributed by atoms with Gasteiger partial charge in [0.25, 0.3) is 0 Å². The van der Waals surface area contributed by atoms with E-state index in [1.54, 1.807) is 22.7 Å². The third kappa shape index (κ3) is 2.91. The Hall–Kier alpha value is -0.780. The second-order valence-corrected chi connectivity index (χ2v) is 6.29. The molecule has 0 spiro atoms. The largest absolute Gasteiger partial charge is 0.312 e. The molecule has 2 heterocycles. The van der Waals surface area contributed by atoms with Gasteiger partial charge in [0.05, 0.1) is 15.7 Å². The first-order chi connectivity index (χ1) is 8.10. The summed E-state index contributed by atoms with van der Waals surface area (Å²) >= 11 is 3.51. The Balaban J connectivity index is 2.19. The van der Waals surface area contributed by atoms with Gasteiger partial charge in [-0.3, -0.25) is 0 Å². The van der Waals surface area contributed by atoms with Crippen molar-refractivity contribution in [2.24, 2.45) is 0 Å². The maximum Gasteiger partial charge on any atom is 0.0947 e. The monoisotopic (exact) mass is 267 g/mol. The summed E-state index contributed by atoms with van der Waals surface area (Å²) in [6, 6.07) is 0.326. The van der Waals surface area contributed by atoms with Gasteiger partial charge >= 0.3 is 0 Å². The molecular formula is C12H17N3S2. The number of nitrogens with zero attached hydrogens (tertiary/aromatic N) is 2. The highest BCUT2D eigenvalue weighted by atomic mass is 32.1. The zero-order chi connectivity index (χ0) is 12.4. The highest BCUT2D eigenvalue weighted by Crippen LogP contribution is 2.28. The molecule has 0 radical (unpaired) electrons. The van der Waals surface area contributed by atoms with Crippen molar-refractivity contribution in [3.05, 3.63) is 31.7 Å². The molecule has 1 unspecified atom stereocenters. The standard InChI is InChI=1S/C12H17N3S2/c1-7-6-16-11(14-7)5-10(13-4)12-8(2)15-9(3)17-12/h6,10,13H,5H2,1-4H3. The number of nitrogens with one attached hydrogen (secondary N) is 1. The van der Waals surface area contributed by atoms with Crippen LogP contribution in [-0.4, -0.2) is 17.0 Å². The van der Waals surface area contributed by atoms with Crippen LogP contribution in [0.5, 0.6) is 0 Å². The molecule has 2 aromatic rings. The summed E-state index contributed by atoms with van der Waals surface area (Å²) in [4.78, 5) is 10.3. The molecule has 0 aliphatic rings. The minimum Gasteiger partial charge on any atom is -0.312 e. The molecule has 0 amide bonds. The second kappa shape index (κ2) is 5.25. The van der Waals surface area contributed by atoms with Crippen molar-refractivity contribution < 1.29 is 0 Å². The quantitative estimate of drug-likeness (QED) is 0.925. The lowest BCUT2D eigenvalue weighted by atomic mass is 10.1. The number of hydrogen-bond donors (Lipinski definition) is 1. The van der Waals surface area contributed by atoms with Gasteiger partial charge in [0, 0.05) is 28.4 Å². The van der Waals surface area contributed by atoms with E-state index in [0.29, 0.717) is 6.04 Å². The van der Waals surface area contributed by atoms with Crippen LogP contribution < -0.4 is 5.32 Å². The van der Waals surface area contributed by atoms with Gasteiger partial charge in [-0.15, -0.1) is 22.7 Å². The molecule has 0 aromatic carbocycles. The van der Waals surface area contributed by atoms with E-state index < -0.39 is 0 Å². The van der Waals surface area contributed by atoms with E-state index >= 15 is 0 Å². The van der Waals surface area contributed by atoms with Crippen LogP contribution in [0.1, 0.15) is 32.3 Å². The summed E-state index contributed by atoms with van der Waals surface area (Å²) in [7, 11) is 2.00. The molecule has 2 aromatic heterocycles. The van der Waals surface area contributed by atoms with E-state index in [4.69, 9.17) is 0 Å². The number of rotatable bonds is 4. The zero-order valence-corrected chi connectivity index (χ0v) is 12.2. The molecule has 0 saturated heterocycles. The molecule has 0 saturated carbocycles. The molecule has 5 heteroatoms. The minimum atomic E-state index is 0.326. The molecule has 0 bridgehead atoms. The van der Waals surface area contributed by atoms with Crippen molar-refractivity contribution in [2.75, 3.05) is 7.05 Å². The summed E-state index contributed by atoms with van der Waals surface area (Å²) in [6.45, 7) is 6.17. The van der Waals surface area contributed by atoms with Crippen LogP contribution in [0.4, 0.5) is 0 Å². The van der Waals surface area contributed by atoms with Crippen LogP contribution in [0.25, 0.3) is 0 Å². The van der Waals surface area contributed by atoms with Gasteiger partial charge in [-0.1, -0.05) is 0 Å². The maximum absolute atomic E-state index is 4.52. The van der Waals surface area contributed by atoms with Crippen molar-refractivity contribution in [1.82, 2.24) is 15.3 Å². The third-order valence-corrected chi connectivity index (χ3v) is 4.83. The average molecular weight is 267 g/mol. The van der Waals surface area contributed by atoms with Gasteiger partial charge in [-0.25, -0.2) is 9.97 Å². The van der Waals surface area contributed by atoms with Crippen molar-refractivity contribution in [3.63, 3.8) is 0 Å². The van der Waals surface area contributed by atoms with Crippen LogP contribution in [0, 0.1) is 20.8 Å². The molecule has 92 valence electrons. The number of likely N-dealkylation sites (N-methyl/N-ethyl adjacent to an activating group) is 1. The third-order valence-electron chi connectivity index (χ3n) is 2.65. The lowest BCUT2D eigenvalue weighted by molar-refractivity contribution is 0.595. The van der Waals surface area contributed by atoms with Crippen LogP contribution in [0.3, 0.4) is 0 Å².